The maximum atomic E-state index is 10.8. The number of anilines is 1. The number of hydrogen-bond acceptors (Lipinski definition) is 3. The first-order valence-corrected chi connectivity index (χ1v) is 4.98. The van der Waals surface area contributed by atoms with E-state index in [4.69, 9.17) is 5.11 Å². The molecule has 1 aromatic carbocycles. The van der Waals surface area contributed by atoms with E-state index >= 15 is 0 Å². The van der Waals surface area contributed by atoms with Crippen LogP contribution in [-0.2, 0) is 0 Å². The Morgan fingerprint density at radius 1 is 1.53 bits per heavy atom. The Balaban J connectivity index is 2.19. The minimum Gasteiger partial charge on any atom is -0.478 e. The number of carboxylic acid groups (broad SMARTS) is 1. The topological polar surface area (TPSA) is 61.4 Å². The molecule has 15 heavy (non-hydrogen) atoms. The molecule has 3 N–H and O–H groups in total. The molecule has 4 nitrogen and oxygen atoms in total. The maximum absolute atomic E-state index is 10.8. The molecular formula is C11H14N2O2. The summed E-state index contributed by atoms with van der Waals surface area (Å²) in [5.74, 6) is -0.884. The molecule has 1 aromatic rings. The van der Waals surface area contributed by atoms with Crippen LogP contribution in [0.25, 0.3) is 0 Å². The molecule has 1 aliphatic rings. The van der Waals surface area contributed by atoms with Crippen LogP contribution in [0.1, 0.15) is 15.9 Å². The van der Waals surface area contributed by atoms with Crippen LogP contribution in [0.4, 0.5) is 5.69 Å². The lowest BCUT2D eigenvalue weighted by Gasteiger charge is -2.29. The summed E-state index contributed by atoms with van der Waals surface area (Å²) in [6.07, 6.45) is 0. The summed E-state index contributed by atoms with van der Waals surface area (Å²) in [7, 11) is 0. The quantitative estimate of drug-likeness (QED) is 0.692. The summed E-state index contributed by atoms with van der Waals surface area (Å²) in [5.41, 5.74) is 2.32. The first-order chi connectivity index (χ1) is 7.16. The van der Waals surface area contributed by atoms with Crippen LogP contribution in [0, 0.1) is 6.92 Å². The standard InChI is InChI=1S/C11H14N2O2/c1-7-2-3-8(11(14)15)4-10(7)13-9-5-12-6-9/h2-4,9,12-13H,5-6H2,1H3,(H,14,15). The summed E-state index contributed by atoms with van der Waals surface area (Å²) < 4.78 is 0. The van der Waals surface area contributed by atoms with Crippen LogP contribution in [0.2, 0.25) is 0 Å². The SMILES string of the molecule is Cc1ccc(C(=O)O)cc1NC1CNC1. The zero-order chi connectivity index (χ0) is 10.8. The Kier molecular flexibility index (Phi) is 2.60. The molecule has 1 fully saturated rings. The van der Waals surface area contributed by atoms with Gasteiger partial charge in [0.25, 0.3) is 0 Å². The molecule has 0 bridgehead atoms. The number of carboxylic acids is 1. The second-order valence-electron chi connectivity index (χ2n) is 3.83. The van der Waals surface area contributed by atoms with Crippen molar-refractivity contribution in [2.24, 2.45) is 0 Å². The molecule has 4 heteroatoms. The predicted molar refractivity (Wildman–Crippen MR) is 58.4 cm³/mol. The Labute approximate surface area is 88.3 Å². The van der Waals surface area contributed by atoms with Crippen LogP contribution in [0.3, 0.4) is 0 Å². The van der Waals surface area contributed by atoms with E-state index in [9.17, 15) is 4.79 Å². The van der Waals surface area contributed by atoms with Crippen molar-refractivity contribution in [1.82, 2.24) is 5.32 Å². The Morgan fingerprint density at radius 2 is 2.27 bits per heavy atom. The van der Waals surface area contributed by atoms with Crippen LogP contribution in [0.5, 0.6) is 0 Å². The predicted octanol–water partition coefficient (Wildman–Crippen LogP) is 1.08. The fourth-order valence-corrected chi connectivity index (χ4v) is 1.52. The molecule has 0 atom stereocenters. The van der Waals surface area contributed by atoms with Crippen molar-refractivity contribution in [2.45, 2.75) is 13.0 Å². The molecule has 80 valence electrons. The van der Waals surface area contributed by atoms with Crippen molar-refractivity contribution < 1.29 is 9.90 Å². The first-order valence-electron chi connectivity index (χ1n) is 4.98. The van der Waals surface area contributed by atoms with Gasteiger partial charge in [-0.2, -0.15) is 0 Å². The molecule has 0 spiro atoms. The van der Waals surface area contributed by atoms with Crippen molar-refractivity contribution in [1.29, 1.82) is 0 Å². The summed E-state index contributed by atoms with van der Waals surface area (Å²) in [6, 6.07) is 5.57. The molecule has 0 saturated carbocycles. The molecule has 0 amide bonds. The lowest BCUT2D eigenvalue weighted by molar-refractivity contribution is 0.0697. The fourth-order valence-electron chi connectivity index (χ4n) is 1.52. The van der Waals surface area contributed by atoms with Crippen molar-refractivity contribution in [3.05, 3.63) is 29.3 Å². The van der Waals surface area contributed by atoms with Gasteiger partial charge in [-0.3, -0.25) is 0 Å². The number of aromatic carboxylic acids is 1. The van der Waals surface area contributed by atoms with Gasteiger partial charge in [0.2, 0.25) is 0 Å². The van der Waals surface area contributed by atoms with Gasteiger partial charge in [0.05, 0.1) is 11.6 Å². The largest absolute Gasteiger partial charge is 0.478 e. The maximum Gasteiger partial charge on any atom is 0.335 e. The molecular weight excluding hydrogens is 192 g/mol. The van der Waals surface area contributed by atoms with E-state index in [1.54, 1.807) is 12.1 Å². The summed E-state index contributed by atoms with van der Waals surface area (Å²) in [4.78, 5) is 10.8. The number of nitrogens with one attached hydrogen (secondary N) is 2. The highest BCUT2D eigenvalue weighted by Crippen LogP contribution is 2.18. The van der Waals surface area contributed by atoms with E-state index in [0.717, 1.165) is 24.3 Å². The Bertz CT molecular complexity index is 386. The monoisotopic (exact) mass is 206 g/mol. The van der Waals surface area contributed by atoms with Crippen LogP contribution in [-0.4, -0.2) is 30.2 Å². The summed E-state index contributed by atoms with van der Waals surface area (Å²) >= 11 is 0. The lowest BCUT2D eigenvalue weighted by atomic mass is 10.1. The van der Waals surface area contributed by atoms with Gasteiger partial charge >= 0.3 is 5.97 Å². The van der Waals surface area contributed by atoms with E-state index in [1.807, 2.05) is 13.0 Å². The van der Waals surface area contributed by atoms with E-state index in [0.29, 0.717) is 11.6 Å². The van der Waals surface area contributed by atoms with E-state index < -0.39 is 5.97 Å². The average Bonchev–Trinajstić information content (AvgIpc) is 2.13. The van der Waals surface area contributed by atoms with Gasteiger partial charge in [0.15, 0.2) is 0 Å². The smallest absolute Gasteiger partial charge is 0.335 e. The van der Waals surface area contributed by atoms with Gasteiger partial charge in [-0.1, -0.05) is 6.07 Å². The van der Waals surface area contributed by atoms with E-state index in [2.05, 4.69) is 10.6 Å². The van der Waals surface area contributed by atoms with Gasteiger partial charge in [0, 0.05) is 18.8 Å². The zero-order valence-electron chi connectivity index (χ0n) is 8.58. The van der Waals surface area contributed by atoms with Crippen molar-refractivity contribution in [3.63, 3.8) is 0 Å². The minimum atomic E-state index is -0.884. The van der Waals surface area contributed by atoms with Crippen LogP contribution >= 0.6 is 0 Å². The normalized spacial score (nSPS) is 15.8. The Hall–Kier alpha value is -1.55. The highest BCUT2D eigenvalue weighted by atomic mass is 16.4. The van der Waals surface area contributed by atoms with Crippen LogP contribution < -0.4 is 10.6 Å². The molecule has 1 aliphatic heterocycles. The molecule has 0 aromatic heterocycles. The van der Waals surface area contributed by atoms with E-state index in [1.165, 1.54) is 0 Å². The zero-order valence-corrected chi connectivity index (χ0v) is 8.58. The highest BCUT2D eigenvalue weighted by molar-refractivity contribution is 5.89. The molecule has 0 radical (unpaired) electrons. The summed E-state index contributed by atoms with van der Waals surface area (Å²) in [5, 5.41) is 15.3. The van der Waals surface area contributed by atoms with Crippen molar-refractivity contribution >= 4 is 11.7 Å². The molecule has 0 unspecified atom stereocenters. The third-order valence-corrected chi connectivity index (χ3v) is 2.63. The van der Waals surface area contributed by atoms with Gasteiger partial charge in [-0.15, -0.1) is 0 Å². The number of hydrogen-bond donors (Lipinski definition) is 3. The van der Waals surface area contributed by atoms with Crippen molar-refractivity contribution in [2.75, 3.05) is 18.4 Å². The second kappa shape index (κ2) is 3.90. The van der Waals surface area contributed by atoms with Crippen molar-refractivity contribution in [3.8, 4) is 0 Å². The average molecular weight is 206 g/mol. The molecule has 1 saturated heterocycles. The Morgan fingerprint density at radius 3 is 2.80 bits per heavy atom. The minimum absolute atomic E-state index is 0.329. The second-order valence-corrected chi connectivity index (χ2v) is 3.83. The van der Waals surface area contributed by atoms with Gasteiger partial charge in [0.1, 0.15) is 0 Å². The van der Waals surface area contributed by atoms with Gasteiger partial charge in [-0.25, -0.2) is 4.79 Å². The van der Waals surface area contributed by atoms with Gasteiger partial charge < -0.3 is 15.7 Å². The van der Waals surface area contributed by atoms with E-state index in [-0.39, 0.29) is 0 Å². The van der Waals surface area contributed by atoms with Crippen LogP contribution in [0.15, 0.2) is 18.2 Å². The molecule has 0 aliphatic carbocycles. The first kappa shape index (κ1) is 9.98. The number of rotatable bonds is 3. The molecule has 1 heterocycles. The molecule has 2 rings (SSSR count). The summed E-state index contributed by atoms with van der Waals surface area (Å²) in [6.45, 7) is 3.85. The number of benzene rings is 1. The number of carbonyl (C=O) groups is 1. The number of aryl methyl sites for hydroxylation is 1. The lowest BCUT2D eigenvalue weighted by Crippen LogP contribution is -2.51. The third kappa shape index (κ3) is 2.10. The highest BCUT2D eigenvalue weighted by Gasteiger charge is 2.17. The fraction of sp³-hybridized carbons (Fsp3) is 0.364. The van der Waals surface area contributed by atoms with Gasteiger partial charge in [-0.05, 0) is 24.6 Å². The third-order valence-electron chi connectivity index (χ3n) is 2.63.